The van der Waals surface area contributed by atoms with E-state index >= 15 is 0 Å². The summed E-state index contributed by atoms with van der Waals surface area (Å²) in [6.45, 7) is 0. The Balaban J connectivity index is 2.02. The van der Waals surface area contributed by atoms with Crippen LogP contribution in [-0.2, 0) is 4.79 Å². The Bertz CT molecular complexity index is 362. The first-order valence-corrected chi connectivity index (χ1v) is 5.43. The van der Waals surface area contributed by atoms with Gasteiger partial charge in [0, 0.05) is 10.9 Å². The molecule has 0 aliphatic heterocycles. The van der Waals surface area contributed by atoms with Crippen molar-refractivity contribution < 1.29 is 9.90 Å². The molecule has 74 valence electrons. The Morgan fingerprint density at radius 1 is 1.57 bits per heavy atom. The number of carboxylic acids is 1. The van der Waals surface area contributed by atoms with Crippen molar-refractivity contribution in [3.05, 3.63) is 34.3 Å². The minimum Gasteiger partial charge on any atom is -0.481 e. The van der Waals surface area contributed by atoms with Crippen molar-refractivity contribution in [2.24, 2.45) is 5.92 Å². The predicted octanol–water partition coefficient (Wildman–Crippen LogP) is 3.03. The van der Waals surface area contributed by atoms with Gasteiger partial charge in [0.1, 0.15) is 0 Å². The van der Waals surface area contributed by atoms with Gasteiger partial charge in [-0.1, -0.05) is 28.1 Å². The van der Waals surface area contributed by atoms with Crippen LogP contribution in [0.25, 0.3) is 0 Å². The van der Waals surface area contributed by atoms with E-state index in [2.05, 4.69) is 28.1 Å². The highest BCUT2D eigenvalue weighted by Gasteiger charge is 2.39. The Kier molecular flexibility index (Phi) is 2.59. The SMILES string of the molecule is O=C(O)C[C@@H]1C[C@H]1c1cccc(Br)c1. The third-order valence-corrected chi connectivity index (χ3v) is 3.13. The third-order valence-electron chi connectivity index (χ3n) is 2.64. The number of halogens is 1. The molecule has 1 aromatic carbocycles. The summed E-state index contributed by atoms with van der Waals surface area (Å²) < 4.78 is 1.07. The maximum absolute atomic E-state index is 10.5. The number of benzene rings is 1. The lowest BCUT2D eigenvalue weighted by Gasteiger charge is -1.99. The molecule has 0 saturated heterocycles. The van der Waals surface area contributed by atoms with E-state index in [0.29, 0.717) is 18.3 Å². The van der Waals surface area contributed by atoms with E-state index in [0.717, 1.165) is 10.9 Å². The van der Waals surface area contributed by atoms with Gasteiger partial charge < -0.3 is 5.11 Å². The molecule has 0 radical (unpaired) electrons. The van der Waals surface area contributed by atoms with Crippen LogP contribution >= 0.6 is 15.9 Å². The van der Waals surface area contributed by atoms with Gasteiger partial charge in [-0.25, -0.2) is 0 Å². The highest BCUT2D eigenvalue weighted by Crippen LogP contribution is 2.49. The molecule has 2 rings (SSSR count). The van der Waals surface area contributed by atoms with Crippen LogP contribution in [-0.4, -0.2) is 11.1 Å². The van der Waals surface area contributed by atoms with Gasteiger partial charge in [-0.05, 0) is 36.0 Å². The molecule has 2 atom stereocenters. The highest BCUT2D eigenvalue weighted by molar-refractivity contribution is 9.10. The Hall–Kier alpha value is -0.830. The molecule has 0 heterocycles. The normalized spacial score (nSPS) is 24.6. The van der Waals surface area contributed by atoms with Crippen LogP contribution in [0.5, 0.6) is 0 Å². The fourth-order valence-corrected chi connectivity index (χ4v) is 2.26. The van der Waals surface area contributed by atoms with Crippen LogP contribution in [0.4, 0.5) is 0 Å². The van der Waals surface area contributed by atoms with Crippen LogP contribution < -0.4 is 0 Å². The molecular formula is C11H11BrO2. The highest BCUT2D eigenvalue weighted by atomic mass is 79.9. The van der Waals surface area contributed by atoms with Gasteiger partial charge in [-0.15, -0.1) is 0 Å². The zero-order chi connectivity index (χ0) is 10.1. The Morgan fingerprint density at radius 3 is 3.00 bits per heavy atom. The van der Waals surface area contributed by atoms with Crippen molar-refractivity contribution in [3.8, 4) is 0 Å². The summed E-state index contributed by atoms with van der Waals surface area (Å²) in [6.07, 6.45) is 1.32. The van der Waals surface area contributed by atoms with Crippen molar-refractivity contribution in [1.29, 1.82) is 0 Å². The van der Waals surface area contributed by atoms with Crippen molar-refractivity contribution in [3.63, 3.8) is 0 Å². The summed E-state index contributed by atoms with van der Waals surface area (Å²) in [5.74, 6) is 0.123. The van der Waals surface area contributed by atoms with Crippen LogP contribution in [0.2, 0.25) is 0 Å². The fourth-order valence-electron chi connectivity index (χ4n) is 1.84. The van der Waals surface area contributed by atoms with Crippen LogP contribution in [0, 0.1) is 5.92 Å². The molecular weight excluding hydrogens is 244 g/mol. The van der Waals surface area contributed by atoms with Gasteiger partial charge in [0.25, 0.3) is 0 Å². The summed E-state index contributed by atoms with van der Waals surface area (Å²) in [4.78, 5) is 10.5. The second kappa shape index (κ2) is 3.73. The minimum atomic E-state index is -0.688. The lowest BCUT2D eigenvalue weighted by Crippen LogP contribution is -1.96. The molecule has 0 amide bonds. The maximum Gasteiger partial charge on any atom is 0.303 e. The first-order chi connectivity index (χ1) is 6.66. The average molecular weight is 255 g/mol. The Labute approximate surface area is 91.1 Å². The second-order valence-corrected chi connectivity index (χ2v) is 4.67. The number of hydrogen-bond acceptors (Lipinski definition) is 1. The van der Waals surface area contributed by atoms with Crippen molar-refractivity contribution in [1.82, 2.24) is 0 Å². The molecule has 1 saturated carbocycles. The van der Waals surface area contributed by atoms with Gasteiger partial charge in [-0.3, -0.25) is 4.79 Å². The van der Waals surface area contributed by atoms with E-state index < -0.39 is 5.97 Å². The summed E-state index contributed by atoms with van der Waals surface area (Å²) in [7, 11) is 0. The van der Waals surface area contributed by atoms with Crippen LogP contribution in [0.3, 0.4) is 0 Å². The Morgan fingerprint density at radius 2 is 2.36 bits per heavy atom. The average Bonchev–Trinajstić information content (AvgIpc) is 2.82. The number of hydrogen-bond donors (Lipinski definition) is 1. The minimum absolute atomic E-state index is 0.303. The zero-order valence-corrected chi connectivity index (χ0v) is 9.20. The van der Waals surface area contributed by atoms with E-state index in [9.17, 15) is 4.79 Å². The number of carboxylic acid groups (broad SMARTS) is 1. The first kappa shape index (κ1) is 9.71. The van der Waals surface area contributed by atoms with E-state index in [1.807, 2.05) is 12.1 Å². The molecule has 0 bridgehead atoms. The summed E-state index contributed by atoms with van der Waals surface area (Å²) in [5, 5.41) is 8.63. The molecule has 1 fully saturated rings. The molecule has 1 aliphatic carbocycles. The van der Waals surface area contributed by atoms with E-state index in [1.165, 1.54) is 5.56 Å². The molecule has 2 nitrogen and oxygen atoms in total. The maximum atomic E-state index is 10.5. The van der Waals surface area contributed by atoms with Crippen molar-refractivity contribution in [2.75, 3.05) is 0 Å². The smallest absolute Gasteiger partial charge is 0.303 e. The zero-order valence-electron chi connectivity index (χ0n) is 7.61. The molecule has 1 aromatic rings. The summed E-state index contributed by atoms with van der Waals surface area (Å²) >= 11 is 3.41. The van der Waals surface area contributed by atoms with Gasteiger partial charge in [-0.2, -0.15) is 0 Å². The largest absolute Gasteiger partial charge is 0.481 e. The molecule has 1 aliphatic rings. The van der Waals surface area contributed by atoms with E-state index in [1.54, 1.807) is 0 Å². The van der Waals surface area contributed by atoms with E-state index in [4.69, 9.17) is 5.11 Å². The second-order valence-electron chi connectivity index (χ2n) is 3.76. The molecule has 0 spiro atoms. The fraction of sp³-hybridized carbons (Fsp3) is 0.364. The topological polar surface area (TPSA) is 37.3 Å². The summed E-state index contributed by atoms with van der Waals surface area (Å²) in [6, 6.07) is 8.12. The van der Waals surface area contributed by atoms with Crippen LogP contribution in [0.15, 0.2) is 28.7 Å². The van der Waals surface area contributed by atoms with Gasteiger partial charge >= 0.3 is 5.97 Å². The monoisotopic (exact) mass is 254 g/mol. The van der Waals surface area contributed by atoms with Crippen molar-refractivity contribution >= 4 is 21.9 Å². The van der Waals surface area contributed by atoms with Gasteiger partial charge in [0.05, 0.1) is 0 Å². The predicted molar refractivity (Wildman–Crippen MR) is 57.2 cm³/mol. The lowest BCUT2D eigenvalue weighted by molar-refractivity contribution is -0.137. The third kappa shape index (κ3) is 2.15. The quantitative estimate of drug-likeness (QED) is 0.901. The van der Waals surface area contributed by atoms with Crippen molar-refractivity contribution in [2.45, 2.75) is 18.8 Å². The lowest BCUT2D eigenvalue weighted by atomic mass is 10.1. The molecule has 1 N–H and O–H groups in total. The molecule has 3 heteroatoms. The number of rotatable bonds is 3. The van der Waals surface area contributed by atoms with E-state index in [-0.39, 0.29) is 0 Å². The standard InChI is InChI=1S/C11H11BrO2/c12-9-3-1-2-7(4-9)10-5-8(10)6-11(13)14/h1-4,8,10H,5-6H2,(H,13,14)/t8-,10-/m0/s1. The number of carbonyl (C=O) groups is 1. The summed E-state index contributed by atoms with van der Waals surface area (Å²) in [5.41, 5.74) is 1.26. The molecule has 14 heavy (non-hydrogen) atoms. The number of aliphatic carboxylic acids is 1. The first-order valence-electron chi connectivity index (χ1n) is 4.64. The van der Waals surface area contributed by atoms with Gasteiger partial charge in [0.15, 0.2) is 0 Å². The van der Waals surface area contributed by atoms with Crippen LogP contribution in [0.1, 0.15) is 24.3 Å². The molecule has 0 aromatic heterocycles. The van der Waals surface area contributed by atoms with Gasteiger partial charge in [0.2, 0.25) is 0 Å². The molecule has 0 unspecified atom stereocenters.